The van der Waals surface area contributed by atoms with E-state index in [1.54, 1.807) is 13.0 Å². The van der Waals surface area contributed by atoms with Crippen molar-refractivity contribution in [1.29, 1.82) is 0 Å². The average Bonchev–Trinajstić information content (AvgIpc) is 2.08. The Morgan fingerprint density at radius 1 is 1.54 bits per heavy atom. The highest BCUT2D eigenvalue weighted by molar-refractivity contribution is 5.79. The largest absolute Gasteiger partial charge is 0.507 e. The van der Waals surface area contributed by atoms with Crippen molar-refractivity contribution in [3.63, 3.8) is 0 Å². The Hall–Kier alpha value is -1.45. The molecule has 2 atom stereocenters. The van der Waals surface area contributed by atoms with Gasteiger partial charge >= 0.3 is 5.97 Å². The molecule has 1 aliphatic rings. The topological polar surface area (TPSA) is 77.8 Å². The first-order chi connectivity index (χ1) is 5.90. The minimum absolute atomic E-state index is 0.346. The molecule has 1 aliphatic carbocycles. The summed E-state index contributed by atoms with van der Waals surface area (Å²) in [5.74, 6) is -2.34. The van der Waals surface area contributed by atoms with Crippen LogP contribution in [0, 0.1) is 11.3 Å². The molecular formula is C9H12O4. The predicted octanol–water partition coefficient (Wildman–Crippen LogP) is 1.61. The minimum Gasteiger partial charge on any atom is -0.507 e. The Balaban J connectivity index is 3.24. The van der Waals surface area contributed by atoms with Crippen molar-refractivity contribution in [2.75, 3.05) is 0 Å². The molecule has 0 amide bonds. The molecule has 0 bridgehead atoms. The zero-order valence-electron chi connectivity index (χ0n) is 7.48. The van der Waals surface area contributed by atoms with Crippen LogP contribution in [0.1, 0.15) is 13.8 Å². The number of rotatable bonds is 1. The Bertz CT molecular complexity index is 303. The van der Waals surface area contributed by atoms with E-state index in [2.05, 4.69) is 0 Å². The predicted molar refractivity (Wildman–Crippen MR) is 46.3 cm³/mol. The molecule has 4 nitrogen and oxygen atoms in total. The molecule has 0 fully saturated rings. The van der Waals surface area contributed by atoms with Gasteiger partial charge in [0.15, 0.2) is 11.5 Å². The number of allylic oxidation sites excluding steroid dienone is 2. The minimum atomic E-state index is -1.42. The fourth-order valence-electron chi connectivity index (χ4n) is 1.28. The zero-order chi connectivity index (χ0) is 10.2. The van der Waals surface area contributed by atoms with E-state index < -0.39 is 17.1 Å². The lowest BCUT2D eigenvalue weighted by Gasteiger charge is -2.31. The van der Waals surface area contributed by atoms with Crippen LogP contribution in [0.2, 0.25) is 0 Å². The van der Waals surface area contributed by atoms with Crippen molar-refractivity contribution in [2.45, 2.75) is 13.8 Å². The van der Waals surface area contributed by atoms with E-state index in [1.807, 2.05) is 0 Å². The summed E-state index contributed by atoms with van der Waals surface area (Å²) in [6.07, 6.45) is 2.87. The summed E-state index contributed by atoms with van der Waals surface area (Å²) in [5.41, 5.74) is -1.42. The molecule has 0 aliphatic heterocycles. The Labute approximate surface area is 75.8 Å². The summed E-state index contributed by atoms with van der Waals surface area (Å²) < 4.78 is 0. The highest BCUT2D eigenvalue weighted by Gasteiger charge is 2.45. The second-order valence-electron chi connectivity index (χ2n) is 3.39. The van der Waals surface area contributed by atoms with Crippen LogP contribution >= 0.6 is 0 Å². The molecule has 0 aromatic heterocycles. The van der Waals surface area contributed by atoms with E-state index in [0.717, 1.165) is 0 Å². The van der Waals surface area contributed by atoms with Crippen molar-refractivity contribution in [3.05, 3.63) is 23.7 Å². The van der Waals surface area contributed by atoms with Crippen molar-refractivity contribution in [2.24, 2.45) is 11.3 Å². The van der Waals surface area contributed by atoms with Gasteiger partial charge in [-0.2, -0.15) is 0 Å². The smallest absolute Gasteiger partial charge is 0.317 e. The number of carboxylic acid groups (broad SMARTS) is 1. The third kappa shape index (κ3) is 1.18. The van der Waals surface area contributed by atoms with Gasteiger partial charge in [-0.1, -0.05) is 13.0 Å². The fraction of sp³-hybridized carbons (Fsp3) is 0.444. The number of aliphatic carboxylic acids is 1. The number of hydrogen-bond acceptors (Lipinski definition) is 3. The Morgan fingerprint density at radius 2 is 2.08 bits per heavy atom. The van der Waals surface area contributed by atoms with Crippen LogP contribution in [0.5, 0.6) is 0 Å². The molecule has 0 saturated heterocycles. The third-order valence-corrected chi connectivity index (χ3v) is 2.63. The van der Waals surface area contributed by atoms with Crippen LogP contribution in [0.15, 0.2) is 23.7 Å². The van der Waals surface area contributed by atoms with Crippen molar-refractivity contribution in [3.8, 4) is 0 Å². The quantitative estimate of drug-likeness (QED) is 0.578. The molecule has 0 aromatic carbocycles. The summed E-state index contributed by atoms with van der Waals surface area (Å²) in [4.78, 5) is 10.9. The van der Waals surface area contributed by atoms with E-state index in [-0.39, 0.29) is 11.7 Å². The van der Waals surface area contributed by atoms with Gasteiger partial charge in [-0.25, -0.2) is 0 Å². The normalized spacial score (nSPS) is 33.5. The molecule has 1 rings (SSSR count). The van der Waals surface area contributed by atoms with Crippen LogP contribution in [0.25, 0.3) is 0 Å². The van der Waals surface area contributed by atoms with E-state index in [9.17, 15) is 9.90 Å². The standard InChI is InChI=1S/C9H12O4/c1-5-3-4-6(10)7(11)9(5,2)8(12)13/h3-5,10-11H,1-2H3,(H,12,13). The van der Waals surface area contributed by atoms with E-state index in [0.29, 0.717) is 0 Å². The van der Waals surface area contributed by atoms with Crippen LogP contribution in [0.3, 0.4) is 0 Å². The second-order valence-corrected chi connectivity index (χ2v) is 3.39. The van der Waals surface area contributed by atoms with Gasteiger partial charge in [0.25, 0.3) is 0 Å². The molecule has 0 spiro atoms. The molecule has 13 heavy (non-hydrogen) atoms. The van der Waals surface area contributed by atoms with Gasteiger partial charge in [0.1, 0.15) is 5.41 Å². The summed E-state index contributed by atoms with van der Waals surface area (Å²) in [5, 5.41) is 27.5. The molecule has 4 heteroatoms. The molecule has 0 heterocycles. The van der Waals surface area contributed by atoms with E-state index >= 15 is 0 Å². The zero-order valence-corrected chi connectivity index (χ0v) is 7.48. The lowest BCUT2D eigenvalue weighted by Crippen LogP contribution is -2.37. The first-order valence-electron chi connectivity index (χ1n) is 3.95. The molecule has 0 aromatic rings. The maximum Gasteiger partial charge on any atom is 0.317 e. The molecule has 2 unspecified atom stereocenters. The molecule has 3 N–H and O–H groups in total. The lowest BCUT2D eigenvalue weighted by atomic mass is 9.73. The van der Waals surface area contributed by atoms with E-state index in [1.165, 1.54) is 13.0 Å². The monoisotopic (exact) mass is 184 g/mol. The second kappa shape index (κ2) is 2.80. The van der Waals surface area contributed by atoms with Gasteiger partial charge in [-0.15, -0.1) is 0 Å². The van der Waals surface area contributed by atoms with Crippen LogP contribution < -0.4 is 0 Å². The number of hydrogen-bond donors (Lipinski definition) is 3. The van der Waals surface area contributed by atoms with Crippen molar-refractivity contribution in [1.82, 2.24) is 0 Å². The number of aliphatic hydroxyl groups is 2. The van der Waals surface area contributed by atoms with E-state index in [4.69, 9.17) is 10.2 Å². The first kappa shape index (κ1) is 9.64. The highest BCUT2D eigenvalue weighted by atomic mass is 16.4. The number of carbonyl (C=O) groups is 1. The third-order valence-electron chi connectivity index (χ3n) is 2.63. The molecule has 0 radical (unpaired) electrons. The molecule has 0 saturated carbocycles. The first-order valence-corrected chi connectivity index (χ1v) is 3.95. The Kier molecular flexibility index (Phi) is 2.07. The maximum absolute atomic E-state index is 10.9. The van der Waals surface area contributed by atoms with Gasteiger partial charge < -0.3 is 15.3 Å². The number of aliphatic hydroxyl groups excluding tert-OH is 2. The summed E-state index contributed by atoms with van der Waals surface area (Å²) in [7, 11) is 0. The van der Waals surface area contributed by atoms with Gasteiger partial charge in [-0.05, 0) is 18.9 Å². The van der Waals surface area contributed by atoms with Crippen molar-refractivity contribution < 1.29 is 20.1 Å². The molecular weight excluding hydrogens is 172 g/mol. The summed E-state index contributed by atoms with van der Waals surface area (Å²) in [6, 6.07) is 0. The van der Waals surface area contributed by atoms with Crippen LogP contribution in [0.4, 0.5) is 0 Å². The van der Waals surface area contributed by atoms with Gasteiger partial charge in [0.05, 0.1) is 0 Å². The average molecular weight is 184 g/mol. The Morgan fingerprint density at radius 3 is 2.46 bits per heavy atom. The van der Waals surface area contributed by atoms with Gasteiger partial charge in [-0.3, -0.25) is 4.79 Å². The highest BCUT2D eigenvalue weighted by Crippen LogP contribution is 2.39. The lowest BCUT2D eigenvalue weighted by molar-refractivity contribution is -0.149. The SMILES string of the molecule is CC1C=CC(O)=C(O)C1(C)C(=O)O. The van der Waals surface area contributed by atoms with Crippen LogP contribution in [-0.4, -0.2) is 21.3 Å². The van der Waals surface area contributed by atoms with Gasteiger partial charge in [0.2, 0.25) is 0 Å². The summed E-state index contributed by atoms with van der Waals surface area (Å²) in [6.45, 7) is 3.06. The summed E-state index contributed by atoms with van der Waals surface area (Å²) >= 11 is 0. The van der Waals surface area contributed by atoms with Crippen molar-refractivity contribution >= 4 is 5.97 Å². The maximum atomic E-state index is 10.9. The van der Waals surface area contributed by atoms with Gasteiger partial charge in [0, 0.05) is 0 Å². The number of carboxylic acids is 1. The van der Waals surface area contributed by atoms with Crippen LogP contribution in [-0.2, 0) is 4.79 Å². The fourth-order valence-corrected chi connectivity index (χ4v) is 1.28. The molecule has 72 valence electrons.